The van der Waals surface area contributed by atoms with Crippen molar-refractivity contribution in [3.63, 3.8) is 0 Å². The van der Waals surface area contributed by atoms with E-state index in [1.165, 1.54) is 25.5 Å². The van der Waals surface area contributed by atoms with Crippen molar-refractivity contribution in [2.24, 2.45) is 5.10 Å². The summed E-state index contributed by atoms with van der Waals surface area (Å²) in [5.41, 5.74) is 0.598. The van der Waals surface area contributed by atoms with Gasteiger partial charge in [-0.05, 0) is 43.3 Å². The van der Waals surface area contributed by atoms with Crippen LogP contribution in [0.2, 0.25) is 0 Å². The van der Waals surface area contributed by atoms with Gasteiger partial charge in [0.1, 0.15) is 5.75 Å². The van der Waals surface area contributed by atoms with Crippen LogP contribution in [0.5, 0.6) is 23.0 Å². The van der Waals surface area contributed by atoms with Crippen LogP contribution in [0.25, 0.3) is 0 Å². The summed E-state index contributed by atoms with van der Waals surface area (Å²) in [6, 6.07) is 9.43. The van der Waals surface area contributed by atoms with Crippen LogP contribution in [0.1, 0.15) is 12.5 Å². The minimum absolute atomic E-state index is 0.0846. The molecule has 0 aliphatic carbocycles. The number of fused-ring (bicyclic) bond motifs is 1. The highest BCUT2D eigenvalue weighted by atomic mass is 32.2. The third-order valence-corrected chi connectivity index (χ3v) is 4.75. The molecule has 0 saturated heterocycles. The number of hydrazone groups is 1. The van der Waals surface area contributed by atoms with Crippen LogP contribution < -0.4 is 23.8 Å². The van der Waals surface area contributed by atoms with Crippen LogP contribution in [0.4, 0.5) is 0 Å². The Bertz CT molecular complexity index is 910. The Kier molecular flexibility index (Phi) is 5.17. The van der Waals surface area contributed by atoms with Crippen molar-refractivity contribution in [1.29, 1.82) is 0 Å². The number of hydrogen-bond donors (Lipinski definition) is 1. The fourth-order valence-corrected chi connectivity index (χ4v) is 3.12. The summed E-state index contributed by atoms with van der Waals surface area (Å²) >= 11 is 0. The molecule has 0 saturated carbocycles. The standard InChI is InChI=1S/C17H18N2O6S/c1-3-23-13-4-6-14(7-5-13)26(20,21)19-18-10-12-8-15(22-2)17-16(9-12)24-11-25-17/h4-10,19H,3,11H2,1-2H3/b18-10-. The summed E-state index contributed by atoms with van der Waals surface area (Å²) in [4.78, 5) is 2.25. The summed E-state index contributed by atoms with van der Waals surface area (Å²) in [5.74, 6) is 2.11. The van der Waals surface area contributed by atoms with E-state index in [4.69, 9.17) is 18.9 Å². The summed E-state index contributed by atoms with van der Waals surface area (Å²) in [6.07, 6.45) is 1.36. The first-order valence-electron chi connectivity index (χ1n) is 7.79. The molecule has 0 bridgehead atoms. The quantitative estimate of drug-likeness (QED) is 0.586. The molecule has 0 radical (unpaired) electrons. The second kappa shape index (κ2) is 7.52. The molecule has 0 spiro atoms. The topological polar surface area (TPSA) is 95.5 Å². The van der Waals surface area contributed by atoms with Crippen LogP contribution in [0.3, 0.4) is 0 Å². The first-order chi connectivity index (χ1) is 12.5. The van der Waals surface area contributed by atoms with E-state index >= 15 is 0 Å². The van der Waals surface area contributed by atoms with Crippen molar-refractivity contribution >= 4 is 16.2 Å². The molecular formula is C17H18N2O6S. The number of sulfonamides is 1. The number of hydrogen-bond acceptors (Lipinski definition) is 7. The van der Waals surface area contributed by atoms with Crippen molar-refractivity contribution in [2.75, 3.05) is 20.5 Å². The zero-order chi connectivity index (χ0) is 18.6. The molecule has 0 atom stereocenters. The van der Waals surface area contributed by atoms with E-state index in [1.807, 2.05) is 6.92 Å². The number of methoxy groups -OCH3 is 1. The predicted molar refractivity (Wildman–Crippen MR) is 94.6 cm³/mol. The number of benzene rings is 2. The van der Waals surface area contributed by atoms with Gasteiger partial charge < -0.3 is 18.9 Å². The van der Waals surface area contributed by atoms with Crippen LogP contribution in [-0.4, -0.2) is 35.1 Å². The zero-order valence-corrected chi connectivity index (χ0v) is 15.1. The Morgan fingerprint density at radius 3 is 2.69 bits per heavy atom. The molecule has 138 valence electrons. The van der Waals surface area contributed by atoms with Gasteiger partial charge in [-0.2, -0.15) is 13.5 Å². The number of nitrogens with one attached hydrogen (secondary N) is 1. The summed E-state index contributed by atoms with van der Waals surface area (Å²) in [5, 5.41) is 3.80. The number of ether oxygens (including phenoxy) is 4. The fraction of sp³-hybridized carbons (Fsp3) is 0.235. The van der Waals surface area contributed by atoms with Gasteiger partial charge in [-0.25, -0.2) is 4.83 Å². The molecule has 26 heavy (non-hydrogen) atoms. The van der Waals surface area contributed by atoms with Gasteiger partial charge in [0.25, 0.3) is 10.0 Å². The van der Waals surface area contributed by atoms with Crippen molar-refractivity contribution < 1.29 is 27.4 Å². The second-order valence-electron chi connectivity index (χ2n) is 5.21. The van der Waals surface area contributed by atoms with E-state index in [-0.39, 0.29) is 11.7 Å². The lowest BCUT2D eigenvalue weighted by Crippen LogP contribution is -2.18. The fourth-order valence-electron chi connectivity index (χ4n) is 2.33. The highest BCUT2D eigenvalue weighted by Gasteiger charge is 2.19. The van der Waals surface area contributed by atoms with Crippen molar-refractivity contribution in [1.82, 2.24) is 4.83 Å². The van der Waals surface area contributed by atoms with E-state index in [0.717, 1.165) is 0 Å². The molecule has 0 fully saturated rings. The molecule has 0 amide bonds. The highest BCUT2D eigenvalue weighted by molar-refractivity contribution is 7.89. The molecule has 0 unspecified atom stereocenters. The number of nitrogens with zero attached hydrogens (tertiary/aromatic N) is 1. The van der Waals surface area contributed by atoms with E-state index in [1.54, 1.807) is 24.3 Å². The molecule has 0 aromatic heterocycles. The lowest BCUT2D eigenvalue weighted by molar-refractivity contribution is 0.171. The van der Waals surface area contributed by atoms with E-state index in [2.05, 4.69) is 9.93 Å². The molecule has 2 aromatic carbocycles. The molecule has 1 N–H and O–H groups in total. The van der Waals surface area contributed by atoms with E-state index < -0.39 is 10.0 Å². The Balaban J connectivity index is 1.73. The van der Waals surface area contributed by atoms with Gasteiger partial charge in [0, 0.05) is 5.56 Å². The molecule has 1 heterocycles. The van der Waals surface area contributed by atoms with Crippen LogP contribution in [-0.2, 0) is 10.0 Å². The maximum atomic E-state index is 12.3. The van der Waals surface area contributed by atoms with Crippen LogP contribution in [0.15, 0.2) is 46.4 Å². The summed E-state index contributed by atoms with van der Waals surface area (Å²) < 4.78 is 45.7. The average molecular weight is 378 g/mol. The van der Waals surface area contributed by atoms with Gasteiger partial charge in [-0.15, -0.1) is 0 Å². The monoisotopic (exact) mass is 378 g/mol. The second-order valence-corrected chi connectivity index (χ2v) is 6.88. The molecule has 3 rings (SSSR count). The zero-order valence-electron chi connectivity index (χ0n) is 14.3. The first kappa shape index (κ1) is 17.9. The minimum Gasteiger partial charge on any atom is -0.494 e. The van der Waals surface area contributed by atoms with Crippen molar-refractivity contribution in [2.45, 2.75) is 11.8 Å². The Labute approximate surface area is 151 Å². The minimum atomic E-state index is -3.78. The van der Waals surface area contributed by atoms with Gasteiger partial charge >= 0.3 is 0 Å². The first-order valence-corrected chi connectivity index (χ1v) is 9.27. The van der Waals surface area contributed by atoms with Crippen molar-refractivity contribution in [3.05, 3.63) is 42.0 Å². The molecule has 1 aliphatic heterocycles. The van der Waals surface area contributed by atoms with Gasteiger partial charge in [0.15, 0.2) is 11.5 Å². The predicted octanol–water partition coefficient (Wildman–Crippen LogP) is 2.13. The normalized spacial score (nSPS) is 13.0. The Morgan fingerprint density at radius 2 is 2.00 bits per heavy atom. The van der Waals surface area contributed by atoms with Crippen molar-refractivity contribution in [3.8, 4) is 23.0 Å². The third-order valence-electron chi connectivity index (χ3n) is 3.51. The molecule has 8 nitrogen and oxygen atoms in total. The van der Waals surface area contributed by atoms with Gasteiger partial charge in [0.2, 0.25) is 12.5 Å². The maximum Gasteiger partial charge on any atom is 0.276 e. The smallest absolute Gasteiger partial charge is 0.276 e. The highest BCUT2D eigenvalue weighted by Crippen LogP contribution is 2.41. The van der Waals surface area contributed by atoms with Gasteiger partial charge in [-0.1, -0.05) is 0 Å². The van der Waals surface area contributed by atoms with E-state index in [9.17, 15) is 8.42 Å². The average Bonchev–Trinajstić information content (AvgIpc) is 3.10. The molecule has 2 aromatic rings. The van der Waals surface area contributed by atoms with Gasteiger partial charge in [-0.3, -0.25) is 0 Å². The van der Waals surface area contributed by atoms with Crippen LogP contribution in [0, 0.1) is 0 Å². The SMILES string of the molecule is CCOc1ccc(S(=O)(=O)N/N=C\c2cc(OC)c3c(c2)OCO3)cc1. The molecule has 9 heteroatoms. The Morgan fingerprint density at radius 1 is 1.23 bits per heavy atom. The molecular weight excluding hydrogens is 360 g/mol. The summed E-state index contributed by atoms with van der Waals surface area (Å²) in [7, 11) is -2.27. The van der Waals surface area contributed by atoms with Gasteiger partial charge in [0.05, 0.1) is 24.8 Å². The summed E-state index contributed by atoms with van der Waals surface area (Å²) in [6.45, 7) is 2.47. The lowest BCUT2D eigenvalue weighted by Gasteiger charge is -2.07. The maximum absolute atomic E-state index is 12.3. The lowest BCUT2D eigenvalue weighted by atomic mass is 10.2. The van der Waals surface area contributed by atoms with E-state index in [0.29, 0.717) is 35.2 Å². The largest absolute Gasteiger partial charge is 0.494 e. The van der Waals surface area contributed by atoms with Crippen LogP contribution >= 0.6 is 0 Å². The Hall–Kier alpha value is -2.94. The number of rotatable bonds is 7. The molecule has 1 aliphatic rings. The third kappa shape index (κ3) is 3.83.